The smallest absolute Gasteiger partial charge is 0.171 e. The van der Waals surface area contributed by atoms with Crippen LogP contribution in [0.3, 0.4) is 0 Å². The molecule has 0 fully saturated rings. The van der Waals surface area contributed by atoms with E-state index in [-0.39, 0.29) is 17.3 Å². The number of phenols is 2. The van der Waals surface area contributed by atoms with Crippen molar-refractivity contribution in [2.75, 3.05) is 0 Å². The van der Waals surface area contributed by atoms with Gasteiger partial charge in [-0.1, -0.05) is 6.08 Å². The molecule has 0 saturated heterocycles. The summed E-state index contributed by atoms with van der Waals surface area (Å²) in [7, 11) is 0. The molecule has 74 valence electrons. The summed E-state index contributed by atoms with van der Waals surface area (Å²) in [5.41, 5.74) is 0.641. The largest absolute Gasteiger partial charge is 0.504 e. The van der Waals surface area contributed by atoms with Gasteiger partial charge in [0.25, 0.3) is 0 Å². The van der Waals surface area contributed by atoms with Crippen LogP contribution in [0.25, 0.3) is 6.08 Å². The predicted molar refractivity (Wildman–Crippen MR) is 57.2 cm³/mol. The van der Waals surface area contributed by atoms with E-state index in [0.717, 1.165) is 0 Å². The zero-order valence-electron chi connectivity index (χ0n) is 7.49. The van der Waals surface area contributed by atoms with E-state index in [1.165, 1.54) is 19.1 Å². The van der Waals surface area contributed by atoms with Crippen LogP contribution in [0.2, 0.25) is 0 Å². The van der Waals surface area contributed by atoms with Crippen molar-refractivity contribution in [1.29, 1.82) is 0 Å². The number of phenolic OH excluding ortho intramolecular Hbond substituents is 2. The van der Waals surface area contributed by atoms with Gasteiger partial charge in [-0.3, -0.25) is 4.79 Å². The van der Waals surface area contributed by atoms with Gasteiger partial charge in [-0.05, 0) is 46.6 Å². The average Bonchev–Trinajstić information content (AvgIpc) is 2.10. The Kier molecular flexibility index (Phi) is 3.30. The first-order chi connectivity index (χ1) is 6.50. The number of benzene rings is 1. The van der Waals surface area contributed by atoms with E-state index in [4.69, 9.17) is 0 Å². The van der Waals surface area contributed by atoms with Gasteiger partial charge in [-0.15, -0.1) is 0 Å². The fourth-order valence-electron chi connectivity index (χ4n) is 0.915. The quantitative estimate of drug-likeness (QED) is 0.632. The number of rotatable bonds is 2. The Morgan fingerprint density at radius 2 is 2.07 bits per heavy atom. The Hall–Kier alpha value is -1.29. The van der Waals surface area contributed by atoms with Crippen molar-refractivity contribution in [1.82, 2.24) is 0 Å². The second-order valence-electron chi connectivity index (χ2n) is 2.81. The van der Waals surface area contributed by atoms with E-state index in [0.29, 0.717) is 10.0 Å². The lowest BCUT2D eigenvalue weighted by molar-refractivity contribution is -0.112. The summed E-state index contributed by atoms with van der Waals surface area (Å²) in [5.74, 6) is -0.499. The number of carbonyl (C=O) groups excluding carboxylic acids is 1. The fraction of sp³-hybridized carbons (Fsp3) is 0.100. The van der Waals surface area contributed by atoms with Gasteiger partial charge in [0.15, 0.2) is 17.3 Å². The maximum atomic E-state index is 10.6. The van der Waals surface area contributed by atoms with Crippen molar-refractivity contribution < 1.29 is 15.0 Å². The molecule has 0 bridgehead atoms. The van der Waals surface area contributed by atoms with Crippen LogP contribution < -0.4 is 0 Å². The van der Waals surface area contributed by atoms with Gasteiger partial charge in [-0.2, -0.15) is 0 Å². The van der Waals surface area contributed by atoms with Crippen molar-refractivity contribution >= 4 is 27.8 Å². The van der Waals surface area contributed by atoms with Crippen LogP contribution in [0.5, 0.6) is 11.5 Å². The third-order valence-corrected chi connectivity index (χ3v) is 2.18. The monoisotopic (exact) mass is 256 g/mol. The van der Waals surface area contributed by atoms with Crippen LogP contribution in [0, 0.1) is 0 Å². The lowest BCUT2D eigenvalue weighted by Gasteiger charge is -2.01. The van der Waals surface area contributed by atoms with Gasteiger partial charge in [0, 0.05) is 0 Å². The summed E-state index contributed by atoms with van der Waals surface area (Å²) in [6.07, 6.45) is 2.95. The van der Waals surface area contributed by atoms with E-state index < -0.39 is 0 Å². The molecule has 0 radical (unpaired) electrons. The topological polar surface area (TPSA) is 57.5 Å². The minimum atomic E-state index is -0.220. The standard InChI is InChI=1S/C10H9BrO3/c1-6(12)2-3-7-4-8(11)10(14)9(13)5-7/h2-5,13-14H,1H3/b3-2+. The average molecular weight is 257 g/mol. The molecule has 0 aliphatic rings. The maximum absolute atomic E-state index is 10.6. The number of halogens is 1. The van der Waals surface area contributed by atoms with Crippen LogP contribution in [0.4, 0.5) is 0 Å². The van der Waals surface area contributed by atoms with Crippen LogP contribution in [-0.2, 0) is 4.79 Å². The molecule has 1 aromatic carbocycles. The van der Waals surface area contributed by atoms with Crippen molar-refractivity contribution in [3.8, 4) is 11.5 Å². The molecule has 0 atom stereocenters. The molecular weight excluding hydrogens is 248 g/mol. The van der Waals surface area contributed by atoms with Crippen LogP contribution >= 0.6 is 15.9 Å². The molecule has 0 heterocycles. The predicted octanol–water partition coefficient (Wildman–Crippen LogP) is 2.46. The first-order valence-corrected chi connectivity index (χ1v) is 4.70. The fourth-order valence-corrected chi connectivity index (χ4v) is 1.38. The summed E-state index contributed by atoms with van der Waals surface area (Å²) in [6.45, 7) is 1.44. The highest BCUT2D eigenvalue weighted by molar-refractivity contribution is 9.10. The Morgan fingerprint density at radius 1 is 1.43 bits per heavy atom. The van der Waals surface area contributed by atoms with Crippen molar-refractivity contribution in [3.63, 3.8) is 0 Å². The van der Waals surface area contributed by atoms with E-state index in [2.05, 4.69) is 15.9 Å². The van der Waals surface area contributed by atoms with Crippen LogP contribution in [0.1, 0.15) is 12.5 Å². The summed E-state index contributed by atoms with van der Waals surface area (Å²) in [6, 6.07) is 2.98. The van der Waals surface area contributed by atoms with Gasteiger partial charge in [0.2, 0.25) is 0 Å². The Balaban J connectivity index is 3.07. The van der Waals surface area contributed by atoms with E-state index in [9.17, 15) is 15.0 Å². The van der Waals surface area contributed by atoms with Gasteiger partial charge < -0.3 is 10.2 Å². The summed E-state index contributed by atoms with van der Waals surface area (Å²) in [5, 5.41) is 18.5. The Bertz CT molecular complexity index is 373. The number of ketones is 1. The highest BCUT2D eigenvalue weighted by Crippen LogP contribution is 2.34. The second kappa shape index (κ2) is 4.28. The number of hydrogen-bond acceptors (Lipinski definition) is 3. The van der Waals surface area contributed by atoms with E-state index >= 15 is 0 Å². The molecule has 0 aliphatic heterocycles. The summed E-state index contributed by atoms with van der Waals surface area (Å²) in [4.78, 5) is 10.6. The molecule has 0 aliphatic carbocycles. The molecule has 0 amide bonds. The zero-order chi connectivity index (χ0) is 10.7. The van der Waals surface area contributed by atoms with E-state index in [1.807, 2.05) is 0 Å². The molecule has 2 N–H and O–H groups in total. The number of allylic oxidation sites excluding steroid dienone is 1. The second-order valence-corrected chi connectivity index (χ2v) is 3.67. The molecule has 14 heavy (non-hydrogen) atoms. The minimum Gasteiger partial charge on any atom is -0.504 e. The molecule has 0 saturated carbocycles. The molecule has 0 unspecified atom stereocenters. The molecule has 1 rings (SSSR count). The highest BCUT2D eigenvalue weighted by atomic mass is 79.9. The minimum absolute atomic E-state index is 0.0753. The van der Waals surface area contributed by atoms with Gasteiger partial charge in [0.05, 0.1) is 4.47 Å². The number of hydrogen-bond donors (Lipinski definition) is 2. The SMILES string of the molecule is CC(=O)/C=C/c1cc(O)c(O)c(Br)c1. The Labute approximate surface area is 89.8 Å². The van der Waals surface area contributed by atoms with Gasteiger partial charge in [0.1, 0.15) is 0 Å². The lowest BCUT2D eigenvalue weighted by atomic mass is 10.2. The summed E-state index contributed by atoms with van der Waals surface area (Å²) < 4.78 is 0.390. The molecular formula is C10H9BrO3. The Morgan fingerprint density at radius 3 is 2.57 bits per heavy atom. The van der Waals surface area contributed by atoms with Crippen LogP contribution in [-0.4, -0.2) is 16.0 Å². The molecule has 1 aromatic rings. The zero-order valence-corrected chi connectivity index (χ0v) is 9.08. The van der Waals surface area contributed by atoms with Crippen LogP contribution in [0.15, 0.2) is 22.7 Å². The van der Waals surface area contributed by atoms with Gasteiger partial charge >= 0.3 is 0 Å². The molecule has 0 spiro atoms. The molecule has 0 aromatic heterocycles. The first kappa shape index (κ1) is 10.8. The molecule has 4 heteroatoms. The number of carbonyl (C=O) groups is 1. The number of aromatic hydroxyl groups is 2. The first-order valence-electron chi connectivity index (χ1n) is 3.91. The van der Waals surface area contributed by atoms with Crippen molar-refractivity contribution in [2.45, 2.75) is 6.92 Å². The third-order valence-electron chi connectivity index (χ3n) is 1.58. The highest BCUT2D eigenvalue weighted by Gasteiger charge is 2.04. The van der Waals surface area contributed by atoms with Crippen molar-refractivity contribution in [3.05, 3.63) is 28.2 Å². The van der Waals surface area contributed by atoms with Gasteiger partial charge in [-0.25, -0.2) is 0 Å². The summed E-state index contributed by atoms with van der Waals surface area (Å²) >= 11 is 3.08. The van der Waals surface area contributed by atoms with Crippen molar-refractivity contribution in [2.24, 2.45) is 0 Å². The molecule has 3 nitrogen and oxygen atoms in total. The third kappa shape index (κ3) is 2.60. The van der Waals surface area contributed by atoms with E-state index in [1.54, 1.807) is 12.1 Å². The normalized spacial score (nSPS) is 10.7. The maximum Gasteiger partial charge on any atom is 0.171 e. The lowest BCUT2D eigenvalue weighted by Crippen LogP contribution is -1.81.